The van der Waals surface area contributed by atoms with Crippen molar-refractivity contribution in [2.45, 2.75) is 39.0 Å². The van der Waals surface area contributed by atoms with Crippen molar-refractivity contribution < 1.29 is 36.2 Å². The Labute approximate surface area is 211 Å². The Bertz CT molecular complexity index is 1340. The number of aromatic amines is 1. The second-order valence-corrected chi connectivity index (χ2v) is 10.1. The monoisotopic (exact) mass is 544 g/mol. The average Bonchev–Trinajstić information content (AvgIpc) is 3.20. The lowest BCUT2D eigenvalue weighted by molar-refractivity contribution is -0.192. The number of aliphatic carboxylic acids is 1. The number of sulfone groups is 1. The minimum absolute atomic E-state index is 0.189. The molecule has 15 heteroatoms. The molecule has 37 heavy (non-hydrogen) atoms. The largest absolute Gasteiger partial charge is 0.490 e. The summed E-state index contributed by atoms with van der Waals surface area (Å²) < 4.78 is 60.6. The van der Waals surface area contributed by atoms with Gasteiger partial charge in [-0.25, -0.2) is 13.2 Å². The van der Waals surface area contributed by atoms with Crippen molar-refractivity contribution in [1.29, 1.82) is 0 Å². The molecule has 0 aliphatic heterocycles. The molecule has 202 valence electrons. The summed E-state index contributed by atoms with van der Waals surface area (Å²) in [6.07, 6.45) is -2.39. The summed E-state index contributed by atoms with van der Waals surface area (Å²) in [6.45, 7) is 5.91. The molecule has 3 aromatic rings. The number of anilines is 2. The van der Waals surface area contributed by atoms with Crippen LogP contribution in [0, 0.1) is 0 Å². The minimum atomic E-state index is -5.08. The van der Waals surface area contributed by atoms with Crippen molar-refractivity contribution >= 4 is 38.6 Å². The summed E-state index contributed by atoms with van der Waals surface area (Å²) in [5.74, 6) is -0.798. The number of fused-ring (bicyclic) bond motifs is 1. The molecule has 3 rings (SSSR count). The predicted molar refractivity (Wildman–Crippen MR) is 132 cm³/mol. The first-order valence-electron chi connectivity index (χ1n) is 10.7. The fourth-order valence-electron chi connectivity index (χ4n) is 2.58. The molecule has 0 spiro atoms. The van der Waals surface area contributed by atoms with Gasteiger partial charge in [-0.3, -0.25) is 5.10 Å². The van der Waals surface area contributed by atoms with Crippen LogP contribution in [-0.2, 0) is 14.6 Å². The number of aromatic nitrogens is 4. The molecular weight excluding hydrogens is 517 g/mol. The summed E-state index contributed by atoms with van der Waals surface area (Å²) in [4.78, 5) is 20.0. The first-order chi connectivity index (χ1) is 17.1. The molecule has 3 N–H and O–H groups in total. The van der Waals surface area contributed by atoms with Crippen molar-refractivity contribution in [3.05, 3.63) is 41.8 Å². The van der Waals surface area contributed by atoms with E-state index in [9.17, 15) is 21.6 Å². The lowest BCUT2D eigenvalue weighted by atomic mass is 10.3. The van der Waals surface area contributed by atoms with Gasteiger partial charge in [-0.1, -0.05) is 24.3 Å². The maximum Gasteiger partial charge on any atom is 0.490 e. The van der Waals surface area contributed by atoms with Crippen LogP contribution in [0.1, 0.15) is 20.8 Å². The molecule has 0 aliphatic rings. The van der Waals surface area contributed by atoms with Crippen molar-refractivity contribution in [3.63, 3.8) is 0 Å². The van der Waals surface area contributed by atoms with E-state index in [1.54, 1.807) is 6.08 Å². The Balaban J connectivity index is 0.000000604. The van der Waals surface area contributed by atoms with Crippen LogP contribution in [0.4, 0.5) is 24.9 Å². The molecule has 0 aliphatic carbocycles. The van der Waals surface area contributed by atoms with Crippen LogP contribution in [0.2, 0.25) is 0 Å². The zero-order valence-electron chi connectivity index (χ0n) is 20.6. The van der Waals surface area contributed by atoms with Crippen LogP contribution in [-0.4, -0.2) is 71.2 Å². The maximum absolute atomic E-state index is 11.4. The van der Waals surface area contributed by atoms with Crippen LogP contribution in [0.15, 0.2) is 41.8 Å². The molecule has 1 unspecified atom stereocenters. The number of H-pyrrole nitrogens is 1. The summed E-state index contributed by atoms with van der Waals surface area (Å²) in [5, 5.41) is 19.3. The second-order valence-electron chi connectivity index (χ2n) is 8.14. The number of rotatable bonds is 8. The third-order valence-electron chi connectivity index (χ3n) is 4.64. The van der Waals surface area contributed by atoms with Gasteiger partial charge in [-0.05, 0) is 32.9 Å². The summed E-state index contributed by atoms with van der Waals surface area (Å²) >= 11 is 0. The number of carbonyl (C=O) groups is 1. The van der Waals surface area contributed by atoms with Crippen LogP contribution >= 0.6 is 0 Å². The van der Waals surface area contributed by atoms with Gasteiger partial charge in [0.25, 0.3) is 0 Å². The Morgan fingerprint density at radius 3 is 2.30 bits per heavy atom. The lowest BCUT2D eigenvalue weighted by Gasteiger charge is -2.21. The van der Waals surface area contributed by atoms with E-state index in [0.717, 1.165) is 11.7 Å². The number of nitrogens with one attached hydrogen (secondary N) is 2. The van der Waals surface area contributed by atoms with Crippen LogP contribution in [0.5, 0.6) is 11.6 Å². The maximum atomic E-state index is 11.4. The van der Waals surface area contributed by atoms with Gasteiger partial charge in [0.15, 0.2) is 21.3 Å². The molecule has 0 saturated heterocycles. The summed E-state index contributed by atoms with van der Waals surface area (Å²) in [7, 11) is -1.31. The van der Waals surface area contributed by atoms with Crippen molar-refractivity contribution in [3.8, 4) is 11.6 Å². The molecule has 0 radical (unpaired) electrons. The van der Waals surface area contributed by atoms with E-state index >= 15 is 0 Å². The number of hydrogen-bond acceptors (Lipinski definition) is 9. The number of carboxylic acid groups (broad SMARTS) is 1. The highest BCUT2D eigenvalue weighted by molar-refractivity contribution is 7.93. The predicted octanol–water partition coefficient (Wildman–Crippen LogP) is 3.98. The highest BCUT2D eigenvalue weighted by Gasteiger charge is 2.38. The number of alkyl halides is 3. The van der Waals surface area contributed by atoms with Crippen LogP contribution in [0.25, 0.3) is 11.0 Å². The normalized spacial score (nSPS) is 12.8. The molecule has 1 atom stereocenters. The fraction of sp³-hybridized carbons (Fsp3) is 0.364. The van der Waals surface area contributed by atoms with Crippen molar-refractivity contribution in [2.24, 2.45) is 0 Å². The van der Waals surface area contributed by atoms with E-state index in [0.29, 0.717) is 34.4 Å². The molecule has 0 amide bonds. The SMILES string of the molecule is CC(/C=C/S(C)(=O)=O)Nc1n[nH]c2nc(N(C)C(C)C)nc(Oc3ccccc3)c12.O=C(O)C(F)(F)F. The van der Waals surface area contributed by atoms with Gasteiger partial charge in [0, 0.05) is 30.8 Å². The first kappa shape index (κ1) is 29.4. The quantitative estimate of drug-likeness (QED) is 0.380. The standard InChI is InChI=1S/C20H26N6O3S.C2HF3O2/c1-13(2)26(4)20-22-18-16(19(23-20)29-15-9-7-6-8-10-15)17(24-25-18)21-14(3)11-12-30(5,27)28;3-2(4,5)1(6)7/h6-14H,1-5H3,(H2,21,22,23,24,25);(H,6,7)/b12-11+;. The minimum Gasteiger partial charge on any atom is -0.475 e. The number of halogens is 3. The smallest absolute Gasteiger partial charge is 0.475 e. The van der Waals surface area contributed by atoms with Crippen LogP contribution in [0.3, 0.4) is 0 Å². The van der Waals surface area contributed by atoms with Gasteiger partial charge < -0.3 is 20.1 Å². The molecule has 2 heterocycles. The average molecular weight is 545 g/mol. The third-order valence-corrected chi connectivity index (χ3v) is 5.30. The van der Waals surface area contributed by atoms with Gasteiger partial charge in [0.05, 0.1) is 0 Å². The molecule has 0 bridgehead atoms. The number of nitrogens with zero attached hydrogens (tertiary/aromatic N) is 4. The molecule has 2 aromatic heterocycles. The number of carboxylic acids is 1. The zero-order valence-corrected chi connectivity index (χ0v) is 21.4. The Morgan fingerprint density at radius 2 is 1.78 bits per heavy atom. The Hall–Kier alpha value is -3.88. The van der Waals surface area contributed by atoms with Crippen molar-refractivity contribution in [1.82, 2.24) is 20.2 Å². The van der Waals surface area contributed by atoms with Crippen LogP contribution < -0.4 is 15.0 Å². The van der Waals surface area contributed by atoms with Gasteiger partial charge in [-0.2, -0.15) is 28.2 Å². The zero-order chi connectivity index (χ0) is 28.0. The van der Waals surface area contributed by atoms with E-state index in [1.807, 2.05) is 63.1 Å². The summed E-state index contributed by atoms with van der Waals surface area (Å²) in [6, 6.07) is 9.22. The molecule has 0 saturated carbocycles. The molecule has 0 fully saturated rings. The lowest BCUT2D eigenvalue weighted by Crippen LogP contribution is -2.27. The van der Waals surface area contributed by atoms with Crippen molar-refractivity contribution in [2.75, 3.05) is 23.5 Å². The first-order valence-corrected chi connectivity index (χ1v) is 12.7. The second kappa shape index (κ2) is 11.9. The third kappa shape index (κ3) is 8.93. The van der Waals surface area contributed by atoms with Gasteiger partial charge in [0.2, 0.25) is 11.8 Å². The number of hydrogen-bond donors (Lipinski definition) is 3. The van der Waals surface area contributed by atoms with Gasteiger partial charge >= 0.3 is 12.1 Å². The molecular formula is C22H27F3N6O5S. The van der Waals surface area contributed by atoms with Gasteiger partial charge in [-0.15, -0.1) is 0 Å². The van der Waals surface area contributed by atoms with E-state index in [1.165, 1.54) is 0 Å². The number of para-hydroxylation sites is 1. The topological polar surface area (TPSA) is 150 Å². The summed E-state index contributed by atoms with van der Waals surface area (Å²) in [5.41, 5.74) is 0.514. The molecule has 1 aromatic carbocycles. The highest BCUT2D eigenvalue weighted by Crippen LogP contribution is 2.33. The van der Waals surface area contributed by atoms with E-state index in [-0.39, 0.29) is 12.1 Å². The van der Waals surface area contributed by atoms with E-state index < -0.39 is 22.0 Å². The Kier molecular flexibility index (Phi) is 9.44. The van der Waals surface area contributed by atoms with Gasteiger partial charge in [0.1, 0.15) is 11.1 Å². The Morgan fingerprint density at radius 1 is 1.19 bits per heavy atom. The van der Waals surface area contributed by atoms with E-state index in [2.05, 4.69) is 25.5 Å². The fourth-order valence-corrected chi connectivity index (χ4v) is 3.10. The molecule has 11 nitrogen and oxygen atoms in total. The number of ether oxygens (including phenoxy) is 1. The number of benzene rings is 1. The van der Waals surface area contributed by atoms with E-state index in [4.69, 9.17) is 14.6 Å². The highest BCUT2D eigenvalue weighted by atomic mass is 32.2.